The van der Waals surface area contributed by atoms with E-state index in [2.05, 4.69) is 10.3 Å². The van der Waals surface area contributed by atoms with Gasteiger partial charge in [0.2, 0.25) is 0 Å². The molecule has 0 saturated carbocycles. The molecule has 0 spiro atoms. The molecule has 0 aliphatic carbocycles. The highest BCUT2D eigenvalue weighted by atomic mass is 19.1. The molecule has 1 heterocycles. The number of carbonyl (C=O) groups is 1. The van der Waals surface area contributed by atoms with Crippen LogP contribution in [0.15, 0.2) is 54.7 Å². The fraction of sp³-hybridized carbons (Fsp3) is 0.0588. The smallest absolute Gasteiger partial charge is 0.258 e. The second kappa shape index (κ2) is 5.32. The van der Waals surface area contributed by atoms with E-state index in [-0.39, 0.29) is 5.56 Å². The number of aromatic nitrogens is 1. The first-order valence-corrected chi connectivity index (χ1v) is 6.56. The molecule has 3 aromatic rings. The van der Waals surface area contributed by atoms with Crippen LogP contribution in [-0.4, -0.2) is 10.9 Å². The third-order valence-corrected chi connectivity index (χ3v) is 3.26. The number of benzene rings is 2. The number of nitrogens with zero attached hydrogens (tertiary/aromatic N) is 1. The Balaban J connectivity index is 2.00. The number of halogens is 1. The molecule has 21 heavy (non-hydrogen) atoms. The fourth-order valence-corrected chi connectivity index (χ4v) is 2.20. The number of fused-ring (bicyclic) bond motifs is 1. The number of carbonyl (C=O) groups excluding carboxylic acids is 1. The number of aryl methyl sites for hydroxylation is 1. The van der Waals surface area contributed by atoms with Crippen molar-refractivity contribution in [2.45, 2.75) is 6.92 Å². The predicted octanol–water partition coefficient (Wildman–Crippen LogP) is 3.93. The molecule has 1 amide bonds. The molecule has 0 atom stereocenters. The minimum atomic E-state index is -0.537. The van der Waals surface area contributed by atoms with Gasteiger partial charge in [-0.25, -0.2) is 4.39 Å². The number of nitrogens with one attached hydrogen (secondary N) is 1. The Bertz CT molecular complexity index is 830. The van der Waals surface area contributed by atoms with Crippen molar-refractivity contribution in [3.05, 3.63) is 71.7 Å². The van der Waals surface area contributed by atoms with E-state index in [1.54, 1.807) is 24.4 Å². The van der Waals surface area contributed by atoms with E-state index in [9.17, 15) is 9.18 Å². The van der Waals surface area contributed by atoms with E-state index in [1.807, 2.05) is 25.1 Å². The van der Waals surface area contributed by atoms with Crippen molar-refractivity contribution < 1.29 is 9.18 Å². The lowest BCUT2D eigenvalue weighted by molar-refractivity contribution is 0.102. The minimum absolute atomic E-state index is 0.0233. The fourth-order valence-electron chi connectivity index (χ4n) is 2.20. The van der Waals surface area contributed by atoms with Crippen LogP contribution in [0.1, 0.15) is 15.9 Å². The number of rotatable bonds is 2. The second-order valence-electron chi connectivity index (χ2n) is 4.81. The summed E-state index contributed by atoms with van der Waals surface area (Å²) in [6.45, 7) is 1.97. The minimum Gasteiger partial charge on any atom is -0.321 e. The number of pyridine rings is 1. The predicted molar refractivity (Wildman–Crippen MR) is 80.8 cm³/mol. The largest absolute Gasteiger partial charge is 0.321 e. The van der Waals surface area contributed by atoms with Crippen LogP contribution in [-0.2, 0) is 0 Å². The van der Waals surface area contributed by atoms with Gasteiger partial charge in [0, 0.05) is 11.6 Å². The normalized spacial score (nSPS) is 10.6. The van der Waals surface area contributed by atoms with Gasteiger partial charge in [-0.05, 0) is 37.3 Å². The summed E-state index contributed by atoms with van der Waals surface area (Å²) in [5.41, 5.74) is 2.50. The number of hydrogen-bond donors (Lipinski definition) is 1. The van der Waals surface area contributed by atoms with E-state index < -0.39 is 11.7 Å². The molecular weight excluding hydrogens is 267 g/mol. The summed E-state index contributed by atoms with van der Waals surface area (Å²) in [6.07, 6.45) is 1.62. The molecule has 3 rings (SSSR count). The molecule has 0 fully saturated rings. The summed E-state index contributed by atoms with van der Waals surface area (Å²) >= 11 is 0. The summed E-state index contributed by atoms with van der Waals surface area (Å²) < 4.78 is 13.6. The number of hydrogen-bond acceptors (Lipinski definition) is 2. The molecule has 0 radical (unpaired) electrons. The van der Waals surface area contributed by atoms with Crippen LogP contribution in [0.2, 0.25) is 0 Å². The van der Waals surface area contributed by atoms with Gasteiger partial charge in [0.25, 0.3) is 5.91 Å². The maximum Gasteiger partial charge on any atom is 0.258 e. The first kappa shape index (κ1) is 13.2. The monoisotopic (exact) mass is 280 g/mol. The summed E-state index contributed by atoms with van der Waals surface area (Å²) in [5.74, 6) is -1.01. The van der Waals surface area contributed by atoms with E-state index in [1.165, 1.54) is 12.1 Å². The Morgan fingerprint density at radius 3 is 2.76 bits per heavy atom. The van der Waals surface area contributed by atoms with Crippen molar-refractivity contribution in [2.24, 2.45) is 0 Å². The van der Waals surface area contributed by atoms with Crippen LogP contribution >= 0.6 is 0 Å². The van der Waals surface area contributed by atoms with E-state index >= 15 is 0 Å². The highest BCUT2D eigenvalue weighted by Crippen LogP contribution is 2.23. The summed E-state index contributed by atoms with van der Waals surface area (Å²) in [6, 6.07) is 13.4. The Morgan fingerprint density at radius 2 is 1.95 bits per heavy atom. The summed E-state index contributed by atoms with van der Waals surface area (Å²) in [5, 5.41) is 3.59. The van der Waals surface area contributed by atoms with Crippen LogP contribution in [0, 0.1) is 12.7 Å². The van der Waals surface area contributed by atoms with Gasteiger partial charge in [-0.2, -0.15) is 0 Å². The molecule has 0 aliphatic rings. The van der Waals surface area contributed by atoms with Gasteiger partial charge in [-0.3, -0.25) is 9.78 Å². The topological polar surface area (TPSA) is 42.0 Å². The second-order valence-corrected chi connectivity index (χ2v) is 4.81. The van der Waals surface area contributed by atoms with E-state index in [0.717, 1.165) is 16.5 Å². The molecule has 1 N–H and O–H groups in total. The van der Waals surface area contributed by atoms with E-state index in [4.69, 9.17) is 0 Å². The summed E-state index contributed by atoms with van der Waals surface area (Å²) in [4.78, 5) is 16.4. The SMILES string of the molecule is Cc1ccc2nccc(NC(=O)c3ccccc3F)c2c1. The van der Waals surface area contributed by atoms with Gasteiger partial charge in [0.05, 0.1) is 16.8 Å². The van der Waals surface area contributed by atoms with Gasteiger partial charge in [-0.15, -0.1) is 0 Å². The zero-order chi connectivity index (χ0) is 14.8. The first-order valence-electron chi connectivity index (χ1n) is 6.56. The van der Waals surface area contributed by atoms with Gasteiger partial charge >= 0.3 is 0 Å². The van der Waals surface area contributed by atoms with Crippen molar-refractivity contribution in [1.29, 1.82) is 0 Å². The molecule has 104 valence electrons. The Kier molecular flexibility index (Phi) is 3.36. The van der Waals surface area contributed by atoms with Gasteiger partial charge in [0.15, 0.2) is 0 Å². The Morgan fingerprint density at radius 1 is 1.14 bits per heavy atom. The summed E-state index contributed by atoms with van der Waals surface area (Å²) in [7, 11) is 0. The average Bonchev–Trinajstić information content (AvgIpc) is 2.48. The molecule has 0 bridgehead atoms. The Labute approximate surface area is 121 Å². The zero-order valence-electron chi connectivity index (χ0n) is 11.4. The Hall–Kier alpha value is -2.75. The number of anilines is 1. The first-order chi connectivity index (χ1) is 10.1. The lowest BCUT2D eigenvalue weighted by Crippen LogP contribution is -2.14. The lowest BCUT2D eigenvalue weighted by Gasteiger charge is -2.09. The molecule has 0 saturated heterocycles. The van der Waals surface area contributed by atoms with Crippen molar-refractivity contribution in [2.75, 3.05) is 5.32 Å². The molecule has 3 nitrogen and oxygen atoms in total. The van der Waals surface area contributed by atoms with Crippen LogP contribution in [0.3, 0.4) is 0 Å². The van der Waals surface area contributed by atoms with Crippen molar-refractivity contribution in [1.82, 2.24) is 4.98 Å². The molecule has 0 aliphatic heterocycles. The molecule has 1 aromatic heterocycles. The van der Waals surface area contributed by atoms with Crippen molar-refractivity contribution >= 4 is 22.5 Å². The molecule has 4 heteroatoms. The van der Waals surface area contributed by atoms with Crippen LogP contribution in [0.4, 0.5) is 10.1 Å². The van der Waals surface area contributed by atoms with E-state index in [0.29, 0.717) is 5.69 Å². The quantitative estimate of drug-likeness (QED) is 0.772. The number of amides is 1. The van der Waals surface area contributed by atoms with Crippen LogP contribution in [0.5, 0.6) is 0 Å². The average molecular weight is 280 g/mol. The van der Waals surface area contributed by atoms with Gasteiger partial charge in [-0.1, -0.05) is 23.8 Å². The zero-order valence-corrected chi connectivity index (χ0v) is 11.4. The van der Waals surface area contributed by atoms with Gasteiger partial charge in [0.1, 0.15) is 5.82 Å². The van der Waals surface area contributed by atoms with Crippen LogP contribution < -0.4 is 5.32 Å². The van der Waals surface area contributed by atoms with Gasteiger partial charge < -0.3 is 5.32 Å². The molecule has 2 aromatic carbocycles. The third-order valence-electron chi connectivity index (χ3n) is 3.26. The van der Waals surface area contributed by atoms with Crippen LogP contribution in [0.25, 0.3) is 10.9 Å². The van der Waals surface area contributed by atoms with Crippen molar-refractivity contribution in [3.63, 3.8) is 0 Å². The highest BCUT2D eigenvalue weighted by Gasteiger charge is 2.12. The maximum absolute atomic E-state index is 13.6. The highest BCUT2D eigenvalue weighted by molar-refractivity contribution is 6.08. The molecular formula is C17H13FN2O. The third kappa shape index (κ3) is 2.60. The standard InChI is InChI=1S/C17H13FN2O/c1-11-6-7-15-13(10-11)16(8-9-19-15)20-17(21)12-4-2-3-5-14(12)18/h2-10H,1H3,(H,19,20,21). The molecule has 0 unspecified atom stereocenters. The van der Waals surface area contributed by atoms with Crippen molar-refractivity contribution in [3.8, 4) is 0 Å². The lowest BCUT2D eigenvalue weighted by atomic mass is 10.1. The maximum atomic E-state index is 13.6.